The zero-order chi connectivity index (χ0) is 15.2. The van der Waals surface area contributed by atoms with Gasteiger partial charge in [-0.2, -0.15) is 8.78 Å². The topological polar surface area (TPSA) is 76.4 Å². The molecule has 110 valence electrons. The van der Waals surface area contributed by atoms with Gasteiger partial charge in [-0.15, -0.1) is 0 Å². The van der Waals surface area contributed by atoms with Crippen molar-refractivity contribution in [3.05, 3.63) is 48.5 Å². The monoisotopic (exact) mass is 293 g/mol. The highest BCUT2D eigenvalue weighted by atomic mass is 19.3. The predicted octanol–water partition coefficient (Wildman–Crippen LogP) is 3.51. The van der Waals surface area contributed by atoms with Crippen molar-refractivity contribution >= 4 is 23.1 Å². The average Bonchev–Trinajstić information content (AvgIpc) is 2.43. The second-order valence-electron chi connectivity index (χ2n) is 4.10. The summed E-state index contributed by atoms with van der Waals surface area (Å²) in [4.78, 5) is 11.7. The molecule has 0 aliphatic carbocycles. The summed E-state index contributed by atoms with van der Waals surface area (Å²) in [6, 6.07) is 11.8. The van der Waals surface area contributed by atoms with E-state index < -0.39 is 12.6 Å². The van der Waals surface area contributed by atoms with E-state index in [0.29, 0.717) is 17.1 Å². The number of nitrogen functional groups attached to an aromatic ring is 1. The molecule has 2 amide bonds. The number of hydrogen-bond donors (Lipinski definition) is 3. The number of nitrogens with one attached hydrogen (secondary N) is 2. The van der Waals surface area contributed by atoms with Gasteiger partial charge < -0.3 is 21.1 Å². The summed E-state index contributed by atoms with van der Waals surface area (Å²) < 4.78 is 28.2. The van der Waals surface area contributed by atoms with Crippen LogP contribution in [0.1, 0.15) is 0 Å². The van der Waals surface area contributed by atoms with Gasteiger partial charge in [-0.25, -0.2) is 4.79 Å². The van der Waals surface area contributed by atoms with E-state index in [-0.39, 0.29) is 5.75 Å². The lowest BCUT2D eigenvalue weighted by Gasteiger charge is -2.09. The Bertz CT molecular complexity index is 601. The van der Waals surface area contributed by atoms with Crippen molar-refractivity contribution < 1.29 is 18.3 Å². The number of carbonyl (C=O) groups is 1. The fourth-order valence-electron chi connectivity index (χ4n) is 1.58. The largest absolute Gasteiger partial charge is 0.435 e. The third-order valence-electron chi connectivity index (χ3n) is 2.51. The van der Waals surface area contributed by atoms with E-state index in [4.69, 9.17) is 5.73 Å². The molecule has 0 fully saturated rings. The quantitative estimate of drug-likeness (QED) is 0.755. The lowest BCUT2D eigenvalue weighted by molar-refractivity contribution is -0.0498. The Labute approximate surface area is 119 Å². The first-order valence-electron chi connectivity index (χ1n) is 6.01. The van der Waals surface area contributed by atoms with Gasteiger partial charge in [0.25, 0.3) is 0 Å². The van der Waals surface area contributed by atoms with Gasteiger partial charge in [0.05, 0.1) is 0 Å². The molecule has 2 aromatic rings. The molecule has 2 aromatic carbocycles. The minimum atomic E-state index is -2.88. The highest BCUT2D eigenvalue weighted by Gasteiger charge is 2.05. The molecule has 0 bridgehead atoms. The summed E-state index contributed by atoms with van der Waals surface area (Å²) in [5, 5.41) is 5.17. The fourth-order valence-corrected chi connectivity index (χ4v) is 1.58. The Balaban J connectivity index is 1.91. The van der Waals surface area contributed by atoms with Gasteiger partial charge >= 0.3 is 12.6 Å². The summed E-state index contributed by atoms with van der Waals surface area (Å²) >= 11 is 0. The van der Waals surface area contributed by atoms with Crippen molar-refractivity contribution in [3.8, 4) is 5.75 Å². The number of amides is 2. The number of carbonyl (C=O) groups excluding carboxylic acids is 1. The van der Waals surface area contributed by atoms with E-state index in [9.17, 15) is 13.6 Å². The smallest absolute Gasteiger partial charge is 0.387 e. The van der Waals surface area contributed by atoms with E-state index in [1.807, 2.05) is 0 Å². The molecule has 21 heavy (non-hydrogen) atoms. The number of hydrogen-bond acceptors (Lipinski definition) is 3. The van der Waals surface area contributed by atoms with Crippen LogP contribution in [0.3, 0.4) is 0 Å². The van der Waals surface area contributed by atoms with Crippen LogP contribution in [-0.4, -0.2) is 12.6 Å². The Morgan fingerprint density at radius 2 is 1.43 bits per heavy atom. The molecule has 0 aromatic heterocycles. The molecular weight excluding hydrogens is 280 g/mol. The number of anilines is 3. The summed E-state index contributed by atoms with van der Waals surface area (Å²) in [5.41, 5.74) is 7.16. The number of benzene rings is 2. The van der Waals surface area contributed by atoms with E-state index in [1.165, 1.54) is 24.3 Å². The Morgan fingerprint density at radius 1 is 0.952 bits per heavy atom. The fraction of sp³-hybridized carbons (Fsp3) is 0.0714. The second-order valence-corrected chi connectivity index (χ2v) is 4.10. The SMILES string of the molecule is Nc1ccc(NC(=O)Nc2ccc(OC(F)F)cc2)cc1. The van der Waals surface area contributed by atoms with E-state index in [0.717, 1.165) is 0 Å². The molecule has 0 aliphatic heterocycles. The first-order chi connectivity index (χ1) is 10.0. The lowest BCUT2D eigenvalue weighted by atomic mass is 10.3. The van der Waals surface area contributed by atoms with Crippen molar-refractivity contribution in [2.75, 3.05) is 16.4 Å². The molecule has 4 N–H and O–H groups in total. The summed E-state index contributed by atoms with van der Waals surface area (Å²) in [6.07, 6.45) is 0. The lowest BCUT2D eigenvalue weighted by Crippen LogP contribution is -2.19. The molecule has 0 spiro atoms. The third kappa shape index (κ3) is 4.64. The first-order valence-corrected chi connectivity index (χ1v) is 6.01. The molecule has 5 nitrogen and oxygen atoms in total. The van der Waals surface area contributed by atoms with Gasteiger partial charge in [0.1, 0.15) is 5.75 Å². The predicted molar refractivity (Wildman–Crippen MR) is 76.6 cm³/mol. The van der Waals surface area contributed by atoms with Crippen molar-refractivity contribution in [3.63, 3.8) is 0 Å². The number of halogens is 2. The number of rotatable bonds is 4. The molecular formula is C14H13F2N3O2. The molecule has 0 atom stereocenters. The van der Waals surface area contributed by atoms with Crippen LogP contribution in [0.2, 0.25) is 0 Å². The maximum atomic E-state index is 12.0. The van der Waals surface area contributed by atoms with Crippen molar-refractivity contribution in [1.29, 1.82) is 0 Å². The minimum Gasteiger partial charge on any atom is -0.435 e. The van der Waals surface area contributed by atoms with Crippen LogP contribution < -0.4 is 21.1 Å². The van der Waals surface area contributed by atoms with Gasteiger partial charge in [0, 0.05) is 17.1 Å². The van der Waals surface area contributed by atoms with E-state index in [1.54, 1.807) is 24.3 Å². The van der Waals surface area contributed by atoms with Gasteiger partial charge in [0.2, 0.25) is 0 Å². The van der Waals surface area contributed by atoms with Gasteiger partial charge in [-0.1, -0.05) is 0 Å². The van der Waals surface area contributed by atoms with Gasteiger partial charge in [-0.05, 0) is 48.5 Å². The zero-order valence-corrected chi connectivity index (χ0v) is 10.8. The Hall–Kier alpha value is -2.83. The van der Waals surface area contributed by atoms with E-state index >= 15 is 0 Å². The summed E-state index contributed by atoms with van der Waals surface area (Å²) in [6.45, 7) is -2.88. The van der Waals surface area contributed by atoms with Crippen LogP contribution >= 0.6 is 0 Å². The standard InChI is InChI=1S/C14H13F2N3O2/c15-13(16)21-12-7-5-11(6-8-12)19-14(20)18-10-3-1-9(17)2-4-10/h1-8,13H,17H2,(H2,18,19,20). The number of alkyl halides is 2. The molecule has 2 rings (SSSR count). The highest BCUT2D eigenvalue weighted by molar-refractivity contribution is 5.99. The maximum absolute atomic E-state index is 12.0. The number of ether oxygens (including phenoxy) is 1. The van der Waals surface area contributed by atoms with Crippen molar-refractivity contribution in [2.24, 2.45) is 0 Å². The molecule has 7 heteroatoms. The molecule has 0 heterocycles. The average molecular weight is 293 g/mol. The molecule has 0 aliphatic rings. The normalized spacial score (nSPS) is 10.2. The van der Waals surface area contributed by atoms with Crippen LogP contribution in [0.4, 0.5) is 30.6 Å². The second kappa shape index (κ2) is 6.56. The van der Waals surface area contributed by atoms with Crippen LogP contribution in [0.15, 0.2) is 48.5 Å². The number of nitrogens with two attached hydrogens (primary N) is 1. The van der Waals surface area contributed by atoms with Crippen LogP contribution in [0.25, 0.3) is 0 Å². The summed E-state index contributed by atoms with van der Waals surface area (Å²) in [7, 11) is 0. The van der Waals surface area contributed by atoms with E-state index in [2.05, 4.69) is 15.4 Å². The molecule has 0 saturated carbocycles. The third-order valence-corrected chi connectivity index (χ3v) is 2.51. The van der Waals surface area contributed by atoms with Crippen molar-refractivity contribution in [2.45, 2.75) is 6.61 Å². The molecule has 0 saturated heterocycles. The highest BCUT2D eigenvalue weighted by Crippen LogP contribution is 2.18. The molecule has 0 unspecified atom stereocenters. The van der Waals surface area contributed by atoms with Crippen LogP contribution in [0, 0.1) is 0 Å². The van der Waals surface area contributed by atoms with Gasteiger partial charge in [-0.3, -0.25) is 0 Å². The Morgan fingerprint density at radius 3 is 1.90 bits per heavy atom. The van der Waals surface area contributed by atoms with Crippen LogP contribution in [0.5, 0.6) is 5.75 Å². The minimum absolute atomic E-state index is 0.0227. The molecule has 0 radical (unpaired) electrons. The van der Waals surface area contributed by atoms with Crippen molar-refractivity contribution in [1.82, 2.24) is 0 Å². The maximum Gasteiger partial charge on any atom is 0.387 e. The summed E-state index contributed by atoms with van der Waals surface area (Å²) in [5.74, 6) is 0.0227. The Kier molecular flexibility index (Phi) is 4.55. The van der Waals surface area contributed by atoms with Gasteiger partial charge in [0.15, 0.2) is 0 Å². The van der Waals surface area contributed by atoms with Crippen LogP contribution in [-0.2, 0) is 0 Å². The first kappa shape index (κ1) is 14.6. The zero-order valence-electron chi connectivity index (χ0n) is 10.8. The number of urea groups is 1.